The van der Waals surface area contributed by atoms with Crippen LogP contribution in [0.2, 0.25) is 0 Å². The number of aromatic nitrogens is 1. The standard InChI is InChI=1S/C13H11FNOP/c1-8-3-2-4-12(17)13(8)10-6-5-9(14)11(7-16)15-10/h2-7H,17H2,1H3. The van der Waals surface area contributed by atoms with Gasteiger partial charge in [-0.3, -0.25) is 4.79 Å². The number of hydrogen-bond donors (Lipinski definition) is 0. The maximum absolute atomic E-state index is 13.2. The minimum atomic E-state index is -0.595. The van der Waals surface area contributed by atoms with Crippen LogP contribution < -0.4 is 5.30 Å². The van der Waals surface area contributed by atoms with Crippen LogP contribution in [-0.2, 0) is 0 Å². The summed E-state index contributed by atoms with van der Waals surface area (Å²) in [4.78, 5) is 14.7. The molecular weight excluding hydrogens is 236 g/mol. The van der Waals surface area contributed by atoms with Crippen molar-refractivity contribution < 1.29 is 9.18 Å². The average Bonchev–Trinajstić information content (AvgIpc) is 2.31. The topological polar surface area (TPSA) is 30.0 Å². The molecule has 86 valence electrons. The highest BCUT2D eigenvalue weighted by atomic mass is 31.0. The molecule has 0 fully saturated rings. The predicted octanol–water partition coefficient (Wildman–Crippen LogP) is 2.51. The van der Waals surface area contributed by atoms with Gasteiger partial charge in [0.25, 0.3) is 0 Å². The SMILES string of the molecule is Cc1cccc(P)c1-c1ccc(F)c(C=O)n1. The van der Waals surface area contributed by atoms with Crippen LogP contribution in [0.15, 0.2) is 30.3 Å². The molecule has 0 N–H and O–H groups in total. The number of aryl methyl sites for hydroxylation is 1. The van der Waals surface area contributed by atoms with Gasteiger partial charge in [0.15, 0.2) is 12.1 Å². The number of aldehydes is 1. The molecule has 0 radical (unpaired) electrons. The summed E-state index contributed by atoms with van der Waals surface area (Å²) in [7, 11) is 2.62. The van der Waals surface area contributed by atoms with Crippen LogP contribution in [0.5, 0.6) is 0 Å². The van der Waals surface area contributed by atoms with E-state index in [1.165, 1.54) is 6.07 Å². The van der Waals surface area contributed by atoms with Crippen LogP contribution in [0.1, 0.15) is 16.1 Å². The monoisotopic (exact) mass is 247 g/mol. The molecule has 0 aliphatic rings. The van der Waals surface area contributed by atoms with Gasteiger partial charge in [-0.05, 0) is 29.9 Å². The predicted molar refractivity (Wildman–Crippen MR) is 69.1 cm³/mol. The highest BCUT2D eigenvalue weighted by Crippen LogP contribution is 2.22. The maximum atomic E-state index is 13.2. The second-order valence-corrected chi connectivity index (χ2v) is 4.34. The lowest BCUT2D eigenvalue weighted by Crippen LogP contribution is -2.03. The summed E-state index contributed by atoms with van der Waals surface area (Å²) >= 11 is 0. The first-order valence-corrected chi connectivity index (χ1v) is 5.68. The van der Waals surface area contributed by atoms with Crippen molar-refractivity contribution in [3.8, 4) is 11.3 Å². The van der Waals surface area contributed by atoms with E-state index in [1.54, 1.807) is 6.07 Å². The largest absolute Gasteiger partial charge is 0.296 e. The Bertz CT molecular complexity index is 563. The van der Waals surface area contributed by atoms with Gasteiger partial charge >= 0.3 is 0 Å². The number of rotatable bonds is 2. The van der Waals surface area contributed by atoms with Crippen molar-refractivity contribution in [1.82, 2.24) is 4.98 Å². The zero-order valence-corrected chi connectivity index (χ0v) is 10.4. The van der Waals surface area contributed by atoms with Crippen LogP contribution >= 0.6 is 9.24 Å². The van der Waals surface area contributed by atoms with Gasteiger partial charge in [0.1, 0.15) is 5.69 Å². The number of carbonyl (C=O) groups is 1. The first-order chi connectivity index (χ1) is 8.13. The van der Waals surface area contributed by atoms with Crippen molar-refractivity contribution in [2.75, 3.05) is 0 Å². The number of halogens is 1. The highest BCUT2D eigenvalue weighted by Gasteiger charge is 2.10. The fourth-order valence-electron chi connectivity index (χ4n) is 1.72. The molecule has 1 aromatic heterocycles. The van der Waals surface area contributed by atoms with Crippen LogP contribution in [-0.4, -0.2) is 11.3 Å². The fraction of sp³-hybridized carbons (Fsp3) is 0.0769. The lowest BCUT2D eigenvalue weighted by molar-refractivity contribution is 0.111. The second kappa shape index (κ2) is 4.72. The molecule has 4 heteroatoms. The van der Waals surface area contributed by atoms with E-state index in [2.05, 4.69) is 14.2 Å². The Morgan fingerprint density at radius 2 is 2.06 bits per heavy atom. The van der Waals surface area contributed by atoms with Gasteiger partial charge in [-0.2, -0.15) is 0 Å². The maximum Gasteiger partial charge on any atom is 0.171 e. The molecule has 2 nitrogen and oxygen atoms in total. The summed E-state index contributed by atoms with van der Waals surface area (Å²) in [6, 6.07) is 8.67. The van der Waals surface area contributed by atoms with Gasteiger partial charge in [0.05, 0.1) is 5.69 Å². The van der Waals surface area contributed by atoms with Gasteiger partial charge in [-0.15, -0.1) is 9.24 Å². The van der Waals surface area contributed by atoms with Crippen molar-refractivity contribution in [1.29, 1.82) is 0 Å². The molecule has 0 amide bonds. The Balaban J connectivity index is 2.65. The molecule has 1 unspecified atom stereocenters. The number of nitrogens with zero attached hydrogens (tertiary/aromatic N) is 1. The third-order valence-corrected chi connectivity index (χ3v) is 3.03. The molecule has 0 saturated carbocycles. The van der Waals surface area contributed by atoms with Crippen LogP contribution in [0.25, 0.3) is 11.3 Å². The number of carbonyl (C=O) groups excluding carboxylic acids is 1. The van der Waals surface area contributed by atoms with E-state index >= 15 is 0 Å². The summed E-state index contributed by atoms with van der Waals surface area (Å²) in [6.45, 7) is 1.95. The number of pyridine rings is 1. The third kappa shape index (κ3) is 2.25. The van der Waals surface area contributed by atoms with Crippen LogP contribution in [0.4, 0.5) is 4.39 Å². The van der Waals surface area contributed by atoms with E-state index in [0.717, 1.165) is 16.4 Å². The lowest BCUT2D eigenvalue weighted by Gasteiger charge is -2.09. The third-order valence-electron chi connectivity index (χ3n) is 2.55. The second-order valence-electron chi connectivity index (χ2n) is 3.72. The zero-order chi connectivity index (χ0) is 12.4. The Hall–Kier alpha value is -1.60. The molecule has 0 aliphatic carbocycles. The van der Waals surface area contributed by atoms with E-state index in [-0.39, 0.29) is 5.69 Å². The molecule has 2 aromatic rings. The normalized spacial score (nSPS) is 10.3. The molecule has 0 spiro atoms. The highest BCUT2D eigenvalue weighted by molar-refractivity contribution is 7.28. The molecule has 2 rings (SSSR count). The van der Waals surface area contributed by atoms with Crippen molar-refractivity contribution >= 4 is 20.8 Å². The van der Waals surface area contributed by atoms with E-state index in [1.807, 2.05) is 25.1 Å². The quantitative estimate of drug-likeness (QED) is 0.603. The summed E-state index contributed by atoms with van der Waals surface area (Å²) in [5.74, 6) is -0.595. The van der Waals surface area contributed by atoms with Crippen molar-refractivity contribution in [2.45, 2.75) is 6.92 Å². The van der Waals surface area contributed by atoms with Gasteiger partial charge in [-0.25, -0.2) is 9.37 Å². The van der Waals surface area contributed by atoms with Crippen LogP contribution in [0, 0.1) is 12.7 Å². The molecule has 17 heavy (non-hydrogen) atoms. The van der Waals surface area contributed by atoms with E-state index in [0.29, 0.717) is 12.0 Å². The molecular formula is C13H11FNOP. The lowest BCUT2D eigenvalue weighted by atomic mass is 10.0. The fourth-order valence-corrected chi connectivity index (χ4v) is 2.21. The Morgan fingerprint density at radius 3 is 2.71 bits per heavy atom. The number of hydrogen-bond acceptors (Lipinski definition) is 2. The van der Waals surface area contributed by atoms with E-state index < -0.39 is 5.82 Å². The zero-order valence-electron chi connectivity index (χ0n) is 9.27. The van der Waals surface area contributed by atoms with Crippen molar-refractivity contribution in [2.24, 2.45) is 0 Å². The van der Waals surface area contributed by atoms with Gasteiger partial charge < -0.3 is 0 Å². The Morgan fingerprint density at radius 1 is 1.29 bits per heavy atom. The first kappa shape index (κ1) is 11.9. The van der Waals surface area contributed by atoms with E-state index in [9.17, 15) is 9.18 Å². The minimum absolute atomic E-state index is 0.157. The molecule has 0 saturated heterocycles. The van der Waals surface area contributed by atoms with Crippen molar-refractivity contribution in [3.63, 3.8) is 0 Å². The molecule has 1 heterocycles. The minimum Gasteiger partial charge on any atom is -0.296 e. The van der Waals surface area contributed by atoms with Crippen molar-refractivity contribution in [3.05, 3.63) is 47.4 Å². The number of benzene rings is 1. The Kier molecular flexibility index (Phi) is 3.30. The van der Waals surface area contributed by atoms with Crippen LogP contribution in [0.3, 0.4) is 0 Å². The Labute approximate surface area is 101 Å². The summed E-state index contributed by atoms with van der Waals surface area (Å²) in [5.41, 5.74) is 2.40. The smallest absolute Gasteiger partial charge is 0.171 e. The first-order valence-electron chi connectivity index (χ1n) is 5.10. The average molecular weight is 247 g/mol. The summed E-state index contributed by atoms with van der Waals surface area (Å²) in [6.07, 6.45) is 0.430. The van der Waals surface area contributed by atoms with Gasteiger partial charge in [0, 0.05) is 5.56 Å². The summed E-state index contributed by atoms with van der Waals surface area (Å²) < 4.78 is 13.2. The molecule has 0 aliphatic heterocycles. The van der Waals surface area contributed by atoms with E-state index in [4.69, 9.17) is 0 Å². The molecule has 1 aromatic carbocycles. The van der Waals surface area contributed by atoms with Gasteiger partial charge in [-0.1, -0.05) is 18.2 Å². The van der Waals surface area contributed by atoms with Gasteiger partial charge in [0.2, 0.25) is 0 Å². The summed E-state index contributed by atoms with van der Waals surface area (Å²) in [5, 5.41) is 0.973. The molecule has 1 atom stereocenters. The molecule has 0 bridgehead atoms.